The SMILES string of the molecule is Clc1cc2c(cn1)CCCN2. The van der Waals surface area contributed by atoms with Gasteiger partial charge < -0.3 is 5.32 Å². The first kappa shape index (κ1) is 6.92. The zero-order valence-electron chi connectivity index (χ0n) is 6.10. The van der Waals surface area contributed by atoms with Gasteiger partial charge >= 0.3 is 0 Å². The summed E-state index contributed by atoms with van der Waals surface area (Å²) < 4.78 is 0. The molecule has 0 saturated heterocycles. The summed E-state index contributed by atoms with van der Waals surface area (Å²) >= 11 is 5.73. The number of anilines is 1. The van der Waals surface area contributed by atoms with Gasteiger partial charge in [-0.15, -0.1) is 0 Å². The van der Waals surface area contributed by atoms with Gasteiger partial charge in [-0.05, 0) is 24.5 Å². The summed E-state index contributed by atoms with van der Waals surface area (Å²) in [6, 6.07) is 1.88. The summed E-state index contributed by atoms with van der Waals surface area (Å²) in [5.41, 5.74) is 2.43. The predicted octanol–water partition coefficient (Wildman–Crippen LogP) is 2.09. The van der Waals surface area contributed by atoms with Crippen LogP contribution in [0.15, 0.2) is 12.3 Å². The van der Waals surface area contributed by atoms with E-state index in [1.807, 2.05) is 12.3 Å². The van der Waals surface area contributed by atoms with Crippen LogP contribution in [0, 0.1) is 0 Å². The number of nitrogens with zero attached hydrogens (tertiary/aromatic N) is 1. The van der Waals surface area contributed by atoms with Crippen molar-refractivity contribution in [3.8, 4) is 0 Å². The fraction of sp³-hybridized carbons (Fsp3) is 0.375. The lowest BCUT2D eigenvalue weighted by atomic mass is 10.1. The average Bonchev–Trinajstić information content (AvgIpc) is 2.04. The Morgan fingerprint density at radius 2 is 2.45 bits per heavy atom. The number of rotatable bonds is 0. The molecule has 0 fully saturated rings. The van der Waals surface area contributed by atoms with Gasteiger partial charge in [0.15, 0.2) is 0 Å². The van der Waals surface area contributed by atoms with E-state index >= 15 is 0 Å². The molecule has 0 atom stereocenters. The first-order valence-corrected chi connectivity index (χ1v) is 4.12. The van der Waals surface area contributed by atoms with E-state index in [9.17, 15) is 0 Å². The average molecular weight is 169 g/mol. The summed E-state index contributed by atoms with van der Waals surface area (Å²) in [6.07, 6.45) is 4.16. The largest absolute Gasteiger partial charge is 0.385 e. The molecule has 1 N–H and O–H groups in total. The highest BCUT2D eigenvalue weighted by molar-refractivity contribution is 6.29. The van der Waals surface area contributed by atoms with Gasteiger partial charge in [0.25, 0.3) is 0 Å². The third kappa shape index (κ3) is 1.31. The molecule has 3 heteroatoms. The van der Waals surface area contributed by atoms with Gasteiger partial charge in [-0.1, -0.05) is 11.6 Å². The van der Waals surface area contributed by atoms with Crippen molar-refractivity contribution in [2.75, 3.05) is 11.9 Å². The lowest BCUT2D eigenvalue weighted by Crippen LogP contribution is -2.11. The number of pyridine rings is 1. The van der Waals surface area contributed by atoms with Crippen LogP contribution in [-0.2, 0) is 6.42 Å². The highest BCUT2D eigenvalue weighted by atomic mass is 35.5. The quantitative estimate of drug-likeness (QED) is 0.601. The highest BCUT2D eigenvalue weighted by Crippen LogP contribution is 2.22. The van der Waals surface area contributed by atoms with Crippen molar-refractivity contribution in [3.63, 3.8) is 0 Å². The fourth-order valence-corrected chi connectivity index (χ4v) is 1.48. The standard InChI is InChI=1S/C8H9ClN2/c9-8-4-7-6(5-11-8)2-1-3-10-7/h4-5,10H,1-3H2. The van der Waals surface area contributed by atoms with Gasteiger partial charge in [-0.2, -0.15) is 0 Å². The molecule has 2 heterocycles. The monoisotopic (exact) mass is 168 g/mol. The van der Waals surface area contributed by atoms with Crippen molar-refractivity contribution in [2.45, 2.75) is 12.8 Å². The van der Waals surface area contributed by atoms with Crippen molar-refractivity contribution >= 4 is 17.3 Å². The van der Waals surface area contributed by atoms with Gasteiger partial charge in [0.2, 0.25) is 0 Å². The summed E-state index contributed by atoms with van der Waals surface area (Å²) in [5.74, 6) is 0. The van der Waals surface area contributed by atoms with Crippen LogP contribution in [-0.4, -0.2) is 11.5 Å². The molecule has 11 heavy (non-hydrogen) atoms. The van der Waals surface area contributed by atoms with E-state index in [0.717, 1.165) is 18.7 Å². The van der Waals surface area contributed by atoms with Crippen molar-refractivity contribution in [1.29, 1.82) is 0 Å². The molecule has 1 aliphatic heterocycles. The summed E-state index contributed by atoms with van der Waals surface area (Å²) in [7, 11) is 0. The maximum absolute atomic E-state index is 5.73. The minimum absolute atomic E-state index is 0.568. The van der Waals surface area contributed by atoms with E-state index in [2.05, 4.69) is 10.3 Å². The zero-order valence-corrected chi connectivity index (χ0v) is 6.86. The third-order valence-corrected chi connectivity index (χ3v) is 2.10. The van der Waals surface area contributed by atoms with E-state index in [1.54, 1.807) is 0 Å². The second-order valence-corrected chi connectivity index (χ2v) is 3.08. The van der Waals surface area contributed by atoms with E-state index < -0.39 is 0 Å². The highest BCUT2D eigenvalue weighted by Gasteiger charge is 2.08. The van der Waals surface area contributed by atoms with E-state index in [1.165, 1.54) is 12.0 Å². The Morgan fingerprint density at radius 3 is 3.36 bits per heavy atom. The zero-order chi connectivity index (χ0) is 7.68. The van der Waals surface area contributed by atoms with Crippen LogP contribution >= 0.6 is 11.6 Å². The van der Waals surface area contributed by atoms with E-state index in [-0.39, 0.29) is 0 Å². The van der Waals surface area contributed by atoms with Gasteiger partial charge in [0.05, 0.1) is 0 Å². The Labute approximate surface area is 70.6 Å². The normalized spacial score (nSPS) is 15.4. The van der Waals surface area contributed by atoms with Crippen molar-refractivity contribution < 1.29 is 0 Å². The van der Waals surface area contributed by atoms with Gasteiger partial charge in [0, 0.05) is 18.4 Å². The Balaban J connectivity index is 2.43. The fourth-order valence-electron chi connectivity index (χ4n) is 1.32. The molecule has 0 aliphatic carbocycles. The number of aryl methyl sites for hydroxylation is 1. The van der Waals surface area contributed by atoms with Crippen LogP contribution in [0.3, 0.4) is 0 Å². The van der Waals surface area contributed by atoms with Crippen molar-refractivity contribution in [2.24, 2.45) is 0 Å². The van der Waals surface area contributed by atoms with Gasteiger partial charge in [-0.3, -0.25) is 0 Å². The van der Waals surface area contributed by atoms with Gasteiger partial charge in [-0.25, -0.2) is 4.98 Å². The van der Waals surface area contributed by atoms with E-state index in [0.29, 0.717) is 5.15 Å². The van der Waals surface area contributed by atoms with Crippen molar-refractivity contribution in [1.82, 2.24) is 4.98 Å². The van der Waals surface area contributed by atoms with Crippen molar-refractivity contribution in [3.05, 3.63) is 23.0 Å². The topological polar surface area (TPSA) is 24.9 Å². The number of nitrogens with one attached hydrogen (secondary N) is 1. The molecule has 1 aromatic rings. The Hall–Kier alpha value is -0.760. The molecule has 0 spiro atoms. The molecule has 2 nitrogen and oxygen atoms in total. The molecule has 58 valence electrons. The first-order chi connectivity index (χ1) is 5.36. The molecule has 1 aromatic heterocycles. The van der Waals surface area contributed by atoms with Crippen LogP contribution < -0.4 is 5.32 Å². The number of fused-ring (bicyclic) bond motifs is 1. The summed E-state index contributed by atoms with van der Waals surface area (Å²) in [4.78, 5) is 4.02. The molecule has 1 aliphatic rings. The number of halogens is 1. The first-order valence-electron chi connectivity index (χ1n) is 3.74. The van der Waals surface area contributed by atoms with Crippen LogP contribution in [0.25, 0.3) is 0 Å². The van der Waals surface area contributed by atoms with Crippen LogP contribution in [0.2, 0.25) is 5.15 Å². The maximum atomic E-state index is 5.73. The lowest BCUT2D eigenvalue weighted by Gasteiger charge is -2.16. The minimum Gasteiger partial charge on any atom is -0.385 e. The van der Waals surface area contributed by atoms with Crippen LogP contribution in [0.5, 0.6) is 0 Å². The maximum Gasteiger partial charge on any atom is 0.131 e. The molecule has 0 radical (unpaired) electrons. The molecule has 2 rings (SSSR count). The molecular weight excluding hydrogens is 160 g/mol. The van der Waals surface area contributed by atoms with Gasteiger partial charge in [0.1, 0.15) is 5.15 Å². The molecule has 0 bridgehead atoms. The minimum atomic E-state index is 0.568. The number of aromatic nitrogens is 1. The van der Waals surface area contributed by atoms with E-state index in [4.69, 9.17) is 11.6 Å². The number of hydrogen-bond acceptors (Lipinski definition) is 2. The predicted molar refractivity (Wildman–Crippen MR) is 46.1 cm³/mol. The Morgan fingerprint density at radius 1 is 1.55 bits per heavy atom. The molecule has 0 aromatic carbocycles. The van der Waals surface area contributed by atoms with Crippen LogP contribution in [0.4, 0.5) is 5.69 Å². The summed E-state index contributed by atoms with van der Waals surface area (Å²) in [6.45, 7) is 1.05. The smallest absolute Gasteiger partial charge is 0.131 e. The molecule has 0 saturated carbocycles. The molecule has 0 amide bonds. The molecular formula is C8H9ClN2. The third-order valence-electron chi connectivity index (χ3n) is 1.89. The Kier molecular flexibility index (Phi) is 1.70. The van der Waals surface area contributed by atoms with Crippen LogP contribution in [0.1, 0.15) is 12.0 Å². The lowest BCUT2D eigenvalue weighted by molar-refractivity contribution is 0.824. The number of hydrogen-bond donors (Lipinski definition) is 1. The Bertz CT molecular complexity index is 273. The second kappa shape index (κ2) is 2.70. The second-order valence-electron chi connectivity index (χ2n) is 2.69. The summed E-state index contributed by atoms with van der Waals surface area (Å²) in [5, 5.41) is 3.85. The molecule has 0 unspecified atom stereocenters.